The van der Waals surface area contributed by atoms with Crippen LogP contribution >= 0.6 is 0 Å². The number of likely N-dealkylation sites (tertiary alicyclic amines) is 1. The van der Waals surface area contributed by atoms with E-state index in [0.29, 0.717) is 37.0 Å². The van der Waals surface area contributed by atoms with Gasteiger partial charge in [0.15, 0.2) is 0 Å². The minimum absolute atomic E-state index is 0.0731. The number of carbonyl (C=O) groups is 2. The van der Waals surface area contributed by atoms with Crippen molar-refractivity contribution in [1.82, 2.24) is 4.90 Å². The number of rotatable bonds is 5. The average molecular weight is 457 g/mol. The summed E-state index contributed by atoms with van der Waals surface area (Å²) in [5.74, 6) is 1.78. The Hall–Kier alpha value is -3.80. The fraction of sp³-hybridized carbons (Fsp3) is 0.286. The maximum atomic E-state index is 13.3. The van der Waals surface area contributed by atoms with Crippen molar-refractivity contribution in [3.05, 3.63) is 78.4 Å². The zero-order chi connectivity index (χ0) is 23.5. The highest BCUT2D eigenvalue weighted by atomic mass is 16.5. The van der Waals surface area contributed by atoms with Crippen LogP contribution in [0.5, 0.6) is 11.5 Å². The highest BCUT2D eigenvalue weighted by molar-refractivity contribution is 6.08. The average Bonchev–Trinajstić information content (AvgIpc) is 3.29. The zero-order valence-electron chi connectivity index (χ0n) is 19.3. The smallest absolute Gasteiger partial charge is 0.262 e. The van der Waals surface area contributed by atoms with E-state index in [-0.39, 0.29) is 11.8 Å². The Balaban J connectivity index is 1.26. The van der Waals surface area contributed by atoms with Gasteiger partial charge in [-0.3, -0.25) is 9.59 Å². The van der Waals surface area contributed by atoms with E-state index in [4.69, 9.17) is 9.47 Å². The van der Waals surface area contributed by atoms with E-state index in [2.05, 4.69) is 0 Å². The molecule has 0 aromatic heterocycles. The Labute approximate surface area is 199 Å². The van der Waals surface area contributed by atoms with Gasteiger partial charge in [-0.05, 0) is 53.9 Å². The minimum atomic E-state index is -0.0731. The summed E-state index contributed by atoms with van der Waals surface area (Å²) in [4.78, 5) is 28.5. The Morgan fingerprint density at radius 1 is 1.00 bits per heavy atom. The van der Waals surface area contributed by atoms with E-state index in [1.54, 1.807) is 11.8 Å². The largest absolute Gasteiger partial charge is 0.493 e. The molecule has 0 spiro atoms. The molecule has 1 unspecified atom stereocenters. The van der Waals surface area contributed by atoms with Crippen molar-refractivity contribution >= 4 is 17.5 Å². The lowest BCUT2D eigenvalue weighted by Gasteiger charge is -2.20. The Morgan fingerprint density at radius 3 is 2.53 bits per heavy atom. The number of carbonyl (C=O) groups excluding carboxylic acids is 2. The maximum absolute atomic E-state index is 13.3. The first-order valence-electron chi connectivity index (χ1n) is 11.7. The third kappa shape index (κ3) is 4.62. The molecule has 1 atom stereocenters. The standard InChI is InChI=1S/C28H28N2O4/c1-20(31)29-14-13-21(18-29)19-34-25-10-8-24(9-11-25)30-15-16-33-27-17-23(7-12-26(27)28(30)32)22-5-3-2-4-6-22/h2-12,17,21H,13-16,18-19H2,1H3. The van der Waals surface area contributed by atoms with Gasteiger partial charge in [0.1, 0.15) is 18.1 Å². The van der Waals surface area contributed by atoms with E-state index < -0.39 is 0 Å². The van der Waals surface area contributed by atoms with Crippen LogP contribution in [0.4, 0.5) is 5.69 Å². The lowest BCUT2D eigenvalue weighted by molar-refractivity contribution is -0.127. The highest BCUT2D eigenvalue weighted by Gasteiger charge is 2.26. The van der Waals surface area contributed by atoms with E-state index in [1.807, 2.05) is 77.7 Å². The molecule has 174 valence electrons. The van der Waals surface area contributed by atoms with Crippen LogP contribution in [0.25, 0.3) is 11.1 Å². The number of nitrogens with zero attached hydrogens (tertiary/aromatic N) is 2. The van der Waals surface area contributed by atoms with Crippen molar-refractivity contribution in [3.63, 3.8) is 0 Å². The Morgan fingerprint density at radius 2 is 1.79 bits per heavy atom. The van der Waals surface area contributed by atoms with Crippen LogP contribution < -0.4 is 14.4 Å². The second-order valence-corrected chi connectivity index (χ2v) is 8.81. The van der Waals surface area contributed by atoms with E-state index in [9.17, 15) is 9.59 Å². The van der Waals surface area contributed by atoms with Crippen LogP contribution in [-0.2, 0) is 4.79 Å². The second-order valence-electron chi connectivity index (χ2n) is 8.81. The molecule has 5 rings (SSSR count). The third-order valence-electron chi connectivity index (χ3n) is 6.50. The Kier molecular flexibility index (Phi) is 6.21. The number of benzene rings is 3. The monoisotopic (exact) mass is 456 g/mol. The van der Waals surface area contributed by atoms with E-state index in [0.717, 1.165) is 42.1 Å². The summed E-state index contributed by atoms with van der Waals surface area (Å²) in [6, 6.07) is 23.4. The molecule has 2 amide bonds. The molecular formula is C28H28N2O4. The Bertz CT molecular complexity index is 1180. The van der Waals surface area contributed by atoms with Crippen molar-refractivity contribution < 1.29 is 19.1 Å². The van der Waals surface area contributed by atoms with Gasteiger partial charge in [-0.15, -0.1) is 0 Å². The van der Waals surface area contributed by atoms with Crippen LogP contribution in [0.15, 0.2) is 72.8 Å². The van der Waals surface area contributed by atoms with Crippen molar-refractivity contribution in [2.24, 2.45) is 5.92 Å². The molecule has 0 saturated carbocycles. The third-order valence-corrected chi connectivity index (χ3v) is 6.50. The number of anilines is 1. The molecule has 2 aliphatic heterocycles. The second kappa shape index (κ2) is 9.59. The minimum Gasteiger partial charge on any atom is -0.493 e. The zero-order valence-corrected chi connectivity index (χ0v) is 19.3. The van der Waals surface area contributed by atoms with Crippen molar-refractivity contribution in [2.45, 2.75) is 13.3 Å². The molecule has 2 aliphatic rings. The molecule has 0 bridgehead atoms. The first-order valence-corrected chi connectivity index (χ1v) is 11.7. The van der Waals surface area contributed by atoms with Gasteiger partial charge in [0, 0.05) is 31.6 Å². The molecule has 34 heavy (non-hydrogen) atoms. The van der Waals surface area contributed by atoms with Gasteiger partial charge < -0.3 is 19.3 Å². The molecular weight excluding hydrogens is 428 g/mol. The number of fused-ring (bicyclic) bond motifs is 1. The molecule has 0 radical (unpaired) electrons. The molecule has 0 aliphatic carbocycles. The number of hydrogen-bond acceptors (Lipinski definition) is 4. The van der Waals surface area contributed by atoms with Crippen molar-refractivity contribution in [3.8, 4) is 22.6 Å². The maximum Gasteiger partial charge on any atom is 0.262 e. The predicted octanol–water partition coefficient (Wildman–Crippen LogP) is 4.64. The highest BCUT2D eigenvalue weighted by Crippen LogP contribution is 2.32. The van der Waals surface area contributed by atoms with E-state index in [1.165, 1.54) is 0 Å². The molecule has 1 fully saturated rings. The summed E-state index contributed by atoms with van der Waals surface area (Å²) in [6.07, 6.45) is 0.964. The van der Waals surface area contributed by atoms with Gasteiger partial charge in [-0.1, -0.05) is 36.4 Å². The summed E-state index contributed by atoms with van der Waals surface area (Å²) in [6.45, 7) is 4.63. The van der Waals surface area contributed by atoms with Crippen LogP contribution in [0, 0.1) is 5.92 Å². The van der Waals surface area contributed by atoms with Crippen LogP contribution in [0.2, 0.25) is 0 Å². The lowest BCUT2D eigenvalue weighted by Crippen LogP contribution is -2.32. The van der Waals surface area contributed by atoms with Crippen LogP contribution in [0.1, 0.15) is 23.7 Å². The number of amides is 2. The predicted molar refractivity (Wildman–Crippen MR) is 131 cm³/mol. The molecule has 3 aromatic carbocycles. The molecule has 6 heteroatoms. The van der Waals surface area contributed by atoms with E-state index >= 15 is 0 Å². The SMILES string of the molecule is CC(=O)N1CCC(COc2ccc(N3CCOc4cc(-c5ccccc5)ccc4C3=O)cc2)C1. The summed E-state index contributed by atoms with van der Waals surface area (Å²) in [5, 5.41) is 0. The van der Waals surface area contributed by atoms with Gasteiger partial charge in [0.25, 0.3) is 5.91 Å². The summed E-state index contributed by atoms with van der Waals surface area (Å²) in [5.41, 5.74) is 3.48. The fourth-order valence-corrected chi connectivity index (χ4v) is 4.56. The molecule has 2 heterocycles. The summed E-state index contributed by atoms with van der Waals surface area (Å²) in [7, 11) is 0. The van der Waals surface area contributed by atoms with Gasteiger partial charge >= 0.3 is 0 Å². The number of hydrogen-bond donors (Lipinski definition) is 0. The summed E-state index contributed by atoms with van der Waals surface area (Å²) >= 11 is 0. The van der Waals surface area contributed by atoms with Gasteiger partial charge in [-0.2, -0.15) is 0 Å². The van der Waals surface area contributed by atoms with Gasteiger partial charge in [-0.25, -0.2) is 0 Å². The lowest BCUT2D eigenvalue weighted by atomic mass is 10.0. The van der Waals surface area contributed by atoms with Gasteiger partial charge in [0.2, 0.25) is 5.91 Å². The normalized spacial score (nSPS) is 17.7. The molecule has 6 nitrogen and oxygen atoms in total. The number of ether oxygens (including phenoxy) is 2. The fourth-order valence-electron chi connectivity index (χ4n) is 4.56. The topological polar surface area (TPSA) is 59.1 Å². The van der Waals surface area contributed by atoms with Crippen LogP contribution in [-0.4, -0.2) is 49.6 Å². The summed E-state index contributed by atoms with van der Waals surface area (Å²) < 4.78 is 11.9. The molecule has 1 saturated heterocycles. The first-order chi connectivity index (χ1) is 16.6. The molecule has 0 N–H and O–H groups in total. The van der Waals surface area contributed by atoms with Crippen LogP contribution in [0.3, 0.4) is 0 Å². The first kappa shape index (κ1) is 22.0. The van der Waals surface area contributed by atoms with Crippen molar-refractivity contribution in [2.75, 3.05) is 37.7 Å². The van der Waals surface area contributed by atoms with Crippen molar-refractivity contribution in [1.29, 1.82) is 0 Å². The quantitative estimate of drug-likeness (QED) is 0.561. The molecule has 3 aromatic rings. The van der Waals surface area contributed by atoms with Gasteiger partial charge in [0.05, 0.1) is 18.7 Å².